The Hall–Kier alpha value is -1.05. The Morgan fingerprint density at radius 1 is 1.23 bits per heavy atom. The van der Waals surface area contributed by atoms with E-state index in [-0.39, 0.29) is 11.9 Å². The van der Waals surface area contributed by atoms with Crippen molar-refractivity contribution in [1.82, 2.24) is 0 Å². The van der Waals surface area contributed by atoms with E-state index in [0.717, 1.165) is 28.7 Å². The van der Waals surface area contributed by atoms with Crippen molar-refractivity contribution in [3.63, 3.8) is 0 Å². The lowest BCUT2D eigenvalue weighted by Gasteiger charge is -2.19. The number of hydrogen-bond donors (Lipinski definition) is 0. The number of ether oxygens (including phenoxy) is 1. The molecule has 2 heteroatoms. The largest absolute Gasteiger partial charge is 0.482 e. The lowest BCUT2D eigenvalue weighted by atomic mass is 9.87. The number of ketones is 1. The van der Waals surface area contributed by atoms with Gasteiger partial charge in [0.15, 0.2) is 6.10 Å². The van der Waals surface area contributed by atoms with Crippen LogP contribution in [0.2, 0.25) is 0 Å². The van der Waals surface area contributed by atoms with Crippen LogP contribution in [0.3, 0.4) is 0 Å². The summed E-state index contributed by atoms with van der Waals surface area (Å²) in [6.07, 6.45) is 7.06. The normalized spacial score (nSPS) is 23.5. The third-order valence-electron chi connectivity index (χ3n) is 4.63. The van der Waals surface area contributed by atoms with Gasteiger partial charge in [0.1, 0.15) is 5.76 Å². The number of allylic oxidation sites excluding steroid dienone is 2. The first kappa shape index (κ1) is 19.0. The minimum absolute atomic E-state index is 0.122. The minimum atomic E-state index is -0.317. The standard InChI is InChI=1S/C20H34O2/c1-8-9-13(2)10-14(3)11-15(4)12-16(5)20-17(6)19(21)18(7)22-20/h12-15,18H,8-11H2,1-7H3. The van der Waals surface area contributed by atoms with Gasteiger partial charge in [-0.15, -0.1) is 0 Å². The van der Waals surface area contributed by atoms with E-state index in [0.29, 0.717) is 5.92 Å². The first-order valence-electron chi connectivity index (χ1n) is 8.86. The molecule has 22 heavy (non-hydrogen) atoms. The van der Waals surface area contributed by atoms with E-state index < -0.39 is 0 Å². The maximum Gasteiger partial charge on any atom is 0.202 e. The molecule has 1 aliphatic heterocycles. The quantitative estimate of drug-likeness (QED) is 0.576. The molecule has 2 nitrogen and oxygen atoms in total. The molecule has 4 atom stereocenters. The molecular formula is C20H34O2. The van der Waals surface area contributed by atoms with Crippen LogP contribution in [0.1, 0.15) is 74.1 Å². The van der Waals surface area contributed by atoms with Crippen molar-refractivity contribution in [1.29, 1.82) is 0 Å². The number of hydrogen-bond acceptors (Lipinski definition) is 2. The zero-order chi connectivity index (χ0) is 16.9. The highest BCUT2D eigenvalue weighted by Gasteiger charge is 2.29. The summed E-state index contributed by atoms with van der Waals surface area (Å²) in [6, 6.07) is 0. The van der Waals surface area contributed by atoms with E-state index in [1.807, 2.05) is 13.8 Å². The molecule has 126 valence electrons. The Labute approximate surface area is 137 Å². The van der Waals surface area contributed by atoms with Gasteiger partial charge in [-0.25, -0.2) is 0 Å². The molecule has 4 unspecified atom stereocenters. The zero-order valence-corrected chi connectivity index (χ0v) is 15.5. The Morgan fingerprint density at radius 3 is 2.36 bits per heavy atom. The van der Waals surface area contributed by atoms with Gasteiger partial charge >= 0.3 is 0 Å². The van der Waals surface area contributed by atoms with Crippen LogP contribution in [0.15, 0.2) is 23.0 Å². The van der Waals surface area contributed by atoms with Gasteiger partial charge in [-0.3, -0.25) is 4.79 Å². The highest BCUT2D eigenvalue weighted by atomic mass is 16.5. The van der Waals surface area contributed by atoms with Crippen molar-refractivity contribution in [3.8, 4) is 0 Å². The van der Waals surface area contributed by atoms with E-state index in [1.54, 1.807) is 0 Å². The summed E-state index contributed by atoms with van der Waals surface area (Å²) in [5, 5.41) is 0. The molecule has 0 fully saturated rings. The molecule has 0 aromatic rings. The Balaban J connectivity index is 2.59. The van der Waals surface area contributed by atoms with Crippen molar-refractivity contribution in [2.45, 2.75) is 80.3 Å². The van der Waals surface area contributed by atoms with E-state index in [4.69, 9.17) is 4.74 Å². The number of carbonyl (C=O) groups excluding carboxylic acids is 1. The van der Waals surface area contributed by atoms with Gasteiger partial charge < -0.3 is 4.74 Å². The Bertz CT molecular complexity index is 445. The fraction of sp³-hybridized carbons (Fsp3) is 0.750. The molecule has 0 amide bonds. The van der Waals surface area contributed by atoms with Gasteiger partial charge in [-0.1, -0.05) is 46.6 Å². The molecule has 1 rings (SSSR count). The SMILES string of the molecule is CCCC(C)CC(C)CC(C)C=C(C)C1=C(C)C(=O)C(C)O1. The highest BCUT2D eigenvalue weighted by molar-refractivity contribution is 6.01. The van der Waals surface area contributed by atoms with Crippen molar-refractivity contribution in [2.24, 2.45) is 17.8 Å². The average Bonchev–Trinajstić information content (AvgIpc) is 2.66. The summed E-state index contributed by atoms with van der Waals surface area (Å²) < 4.78 is 5.71. The number of carbonyl (C=O) groups is 1. The van der Waals surface area contributed by atoms with Crippen LogP contribution >= 0.6 is 0 Å². The highest BCUT2D eigenvalue weighted by Crippen LogP contribution is 2.29. The van der Waals surface area contributed by atoms with Gasteiger partial charge in [0.25, 0.3) is 0 Å². The third-order valence-corrected chi connectivity index (χ3v) is 4.63. The van der Waals surface area contributed by atoms with E-state index in [1.165, 1.54) is 25.7 Å². The average molecular weight is 306 g/mol. The predicted octanol–water partition coefficient (Wildman–Crippen LogP) is 5.68. The van der Waals surface area contributed by atoms with Crippen molar-refractivity contribution < 1.29 is 9.53 Å². The van der Waals surface area contributed by atoms with Crippen LogP contribution in [-0.4, -0.2) is 11.9 Å². The smallest absolute Gasteiger partial charge is 0.202 e. The van der Waals surface area contributed by atoms with Crippen LogP contribution in [-0.2, 0) is 9.53 Å². The van der Waals surface area contributed by atoms with Gasteiger partial charge in [0.2, 0.25) is 5.78 Å². The molecule has 0 N–H and O–H groups in total. The zero-order valence-electron chi connectivity index (χ0n) is 15.5. The second-order valence-corrected chi connectivity index (χ2v) is 7.38. The molecule has 0 saturated heterocycles. The Morgan fingerprint density at radius 2 is 1.86 bits per heavy atom. The minimum Gasteiger partial charge on any atom is -0.482 e. The molecule has 0 spiro atoms. The van der Waals surface area contributed by atoms with Gasteiger partial charge in [0, 0.05) is 5.57 Å². The van der Waals surface area contributed by atoms with E-state index >= 15 is 0 Å². The van der Waals surface area contributed by atoms with Gasteiger partial charge in [-0.2, -0.15) is 0 Å². The number of rotatable bonds is 8. The topological polar surface area (TPSA) is 26.3 Å². The molecule has 1 aliphatic rings. The molecule has 0 saturated carbocycles. The van der Waals surface area contributed by atoms with Gasteiger partial charge in [-0.05, 0) is 56.9 Å². The lowest BCUT2D eigenvalue weighted by Crippen LogP contribution is -2.12. The van der Waals surface area contributed by atoms with Gasteiger partial charge in [0.05, 0.1) is 0 Å². The monoisotopic (exact) mass is 306 g/mol. The van der Waals surface area contributed by atoms with E-state index in [9.17, 15) is 4.79 Å². The maximum atomic E-state index is 11.9. The van der Waals surface area contributed by atoms with Crippen molar-refractivity contribution >= 4 is 5.78 Å². The van der Waals surface area contributed by atoms with Crippen LogP contribution < -0.4 is 0 Å². The molecular weight excluding hydrogens is 272 g/mol. The van der Waals surface area contributed by atoms with Crippen LogP contribution in [0.5, 0.6) is 0 Å². The van der Waals surface area contributed by atoms with Crippen LogP contribution in [0.4, 0.5) is 0 Å². The summed E-state index contributed by atoms with van der Waals surface area (Å²) >= 11 is 0. The summed E-state index contributed by atoms with van der Waals surface area (Å²) in [7, 11) is 0. The van der Waals surface area contributed by atoms with Crippen LogP contribution in [0.25, 0.3) is 0 Å². The van der Waals surface area contributed by atoms with Crippen LogP contribution in [0, 0.1) is 17.8 Å². The Kier molecular flexibility index (Phi) is 7.38. The second-order valence-electron chi connectivity index (χ2n) is 7.38. The van der Waals surface area contributed by atoms with E-state index in [2.05, 4.69) is 40.7 Å². The molecule has 0 bridgehead atoms. The van der Waals surface area contributed by atoms with Crippen molar-refractivity contribution in [2.75, 3.05) is 0 Å². The molecule has 0 radical (unpaired) electrons. The summed E-state index contributed by atoms with van der Waals surface area (Å²) in [5.74, 6) is 2.99. The predicted molar refractivity (Wildman–Crippen MR) is 93.6 cm³/mol. The summed E-state index contributed by atoms with van der Waals surface area (Å²) in [5.41, 5.74) is 1.88. The number of Topliss-reactive ketones (excluding diaryl/α,β-unsaturated/α-hetero) is 1. The first-order chi connectivity index (χ1) is 10.3. The second kappa shape index (κ2) is 8.55. The summed E-state index contributed by atoms with van der Waals surface area (Å²) in [6.45, 7) is 15.0. The summed E-state index contributed by atoms with van der Waals surface area (Å²) in [4.78, 5) is 11.9. The first-order valence-corrected chi connectivity index (χ1v) is 8.86. The lowest BCUT2D eigenvalue weighted by molar-refractivity contribution is -0.120. The van der Waals surface area contributed by atoms with Crippen molar-refractivity contribution in [3.05, 3.63) is 23.0 Å². The fourth-order valence-electron chi connectivity index (χ4n) is 3.72. The maximum absolute atomic E-state index is 11.9. The molecule has 0 aromatic heterocycles. The molecule has 1 heterocycles. The fourth-order valence-corrected chi connectivity index (χ4v) is 3.72. The molecule has 0 aliphatic carbocycles. The third kappa shape index (κ3) is 5.30. The molecule has 0 aromatic carbocycles.